The highest BCUT2D eigenvalue weighted by Gasteiger charge is 2.05. The zero-order valence-corrected chi connectivity index (χ0v) is 14.0. The predicted octanol–water partition coefficient (Wildman–Crippen LogP) is 4.78. The van der Waals surface area contributed by atoms with Gasteiger partial charge in [0, 0.05) is 22.8 Å². The molecule has 0 radical (unpaired) electrons. The summed E-state index contributed by atoms with van der Waals surface area (Å²) in [6, 6.07) is 12.6. The Hall–Kier alpha value is -2.10. The van der Waals surface area contributed by atoms with Crippen LogP contribution in [0.25, 0.3) is 6.08 Å². The van der Waals surface area contributed by atoms with Gasteiger partial charge in [-0.1, -0.05) is 23.7 Å². The topological polar surface area (TPSA) is 35.5 Å². The molecular weight excluding hydrogens is 312 g/mol. The number of benzene rings is 2. The van der Waals surface area contributed by atoms with E-state index in [4.69, 9.17) is 21.1 Å². The van der Waals surface area contributed by atoms with E-state index >= 15 is 0 Å². The third kappa shape index (κ3) is 4.95. The Kier molecular flexibility index (Phi) is 6.39. The summed E-state index contributed by atoms with van der Waals surface area (Å²) >= 11 is 5.82. The summed E-state index contributed by atoms with van der Waals surface area (Å²) in [4.78, 5) is 12.1. The molecule has 0 fully saturated rings. The van der Waals surface area contributed by atoms with Crippen LogP contribution in [0.3, 0.4) is 0 Å². The summed E-state index contributed by atoms with van der Waals surface area (Å²) in [5.41, 5.74) is 2.48. The normalized spacial score (nSPS) is 10.9. The quantitative estimate of drug-likeness (QED) is 0.541. The number of methoxy groups -OCH3 is 1. The van der Waals surface area contributed by atoms with E-state index in [2.05, 4.69) is 0 Å². The van der Waals surface area contributed by atoms with Crippen molar-refractivity contribution in [2.45, 2.75) is 13.5 Å². The van der Waals surface area contributed by atoms with Crippen LogP contribution >= 0.6 is 11.6 Å². The van der Waals surface area contributed by atoms with Crippen molar-refractivity contribution in [2.75, 3.05) is 13.7 Å². The minimum atomic E-state index is -0.0659. The SMILES string of the molecule is CCOCc1cc(/C=C/C(=O)c2ccc(Cl)cc2)ccc1OC. The summed E-state index contributed by atoms with van der Waals surface area (Å²) in [7, 11) is 1.63. The molecule has 0 aliphatic heterocycles. The molecule has 23 heavy (non-hydrogen) atoms. The van der Waals surface area contributed by atoms with Crippen molar-refractivity contribution in [2.24, 2.45) is 0 Å². The van der Waals surface area contributed by atoms with Crippen LogP contribution in [0.4, 0.5) is 0 Å². The van der Waals surface area contributed by atoms with Crippen LogP contribution < -0.4 is 4.74 Å². The summed E-state index contributed by atoms with van der Waals surface area (Å²) < 4.78 is 10.8. The number of carbonyl (C=O) groups is 1. The molecule has 0 heterocycles. The van der Waals surface area contributed by atoms with E-state index in [1.807, 2.05) is 25.1 Å². The van der Waals surface area contributed by atoms with Crippen molar-refractivity contribution in [3.63, 3.8) is 0 Å². The number of allylic oxidation sites excluding steroid dienone is 1. The van der Waals surface area contributed by atoms with Gasteiger partial charge < -0.3 is 9.47 Å². The number of ether oxygens (including phenoxy) is 2. The Morgan fingerprint density at radius 1 is 1.17 bits per heavy atom. The monoisotopic (exact) mass is 330 g/mol. The molecule has 0 N–H and O–H groups in total. The van der Waals surface area contributed by atoms with Gasteiger partial charge in [-0.3, -0.25) is 4.79 Å². The van der Waals surface area contributed by atoms with E-state index < -0.39 is 0 Å². The number of ketones is 1. The van der Waals surface area contributed by atoms with Crippen LogP contribution in [-0.2, 0) is 11.3 Å². The zero-order chi connectivity index (χ0) is 16.7. The minimum absolute atomic E-state index is 0.0659. The molecule has 0 bridgehead atoms. The van der Waals surface area contributed by atoms with Gasteiger partial charge in [0.05, 0.1) is 13.7 Å². The van der Waals surface area contributed by atoms with E-state index in [0.29, 0.717) is 23.8 Å². The molecular formula is C19H19ClO3. The van der Waals surface area contributed by atoms with Crippen LogP contribution in [0.15, 0.2) is 48.5 Å². The highest BCUT2D eigenvalue weighted by molar-refractivity contribution is 6.30. The highest BCUT2D eigenvalue weighted by atomic mass is 35.5. The van der Waals surface area contributed by atoms with Gasteiger partial charge in [-0.05, 0) is 55.0 Å². The molecule has 2 rings (SSSR count). The lowest BCUT2D eigenvalue weighted by atomic mass is 10.1. The molecule has 3 nitrogen and oxygen atoms in total. The number of halogens is 1. The predicted molar refractivity (Wildman–Crippen MR) is 93.1 cm³/mol. The molecule has 0 saturated heterocycles. The fourth-order valence-electron chi connectivity index (χ4n) is 2.11. The van der Waals surface area contributed by atoms with Gasteiger partial charge in [0.15, 0.2) is 5.78 Å². The molecule has 0 aliphatic rings. The first-order valence-electron chi connectivity index (χ1n) is 7.36. The fourth-order valence-corrected chi connectivity index (χ4v) is 2.24. The number of carbonyl (C=O) groups excluding carboxylic acids is 1. The largest absolute Gasteiger partial charge is 0.496 e. The van der Waals surface area contributed by atoms with Gasteiger partial charge in [0.25, 0.3) is 0 Å². The second kappa shape index (κ2) is 8.51. The summed E-state index contributed by atoms with van der Waals surface area (Å²) in [5.74, 6) is 0.712. The maximum absolute atomic E-state index is 12.1. The van der Waals surface area contributed by atoms with Gasteiger partial charge in [-0.2, -0.15) is 0 Å². The number of rotatable bonds is 7. The Labute approximate surface area is 141 Å². The fraction of sp³-hybridized carbons (Fsp3) is 0.211. The lowest BCUT2D eigenvalue weighted by Gasteiger charge is -2.09. The van der Waals surface area contributed by atoms with Gasteiger partial charge in [0.2, 0.25) is 0 Å². The van der Waals surface area contributed by atoms with Crippen molar-refractivity contribution >= 4 is 23.5 Å². The zero-order valence-electron chi connectivity index (χ0n) is 13.2. The first-order valence-corrected chi connectivity index (χ1v) is 7.74. The minimum Gasteiger partial charge on any atom is -0.496 e. The smallest absolute Gasteiger partial charge is 0.185 e. The Balaban J connectivity index is 2.15. The standard InChI is InChI=1S/C19H19ClO3/c1-3-23-13-16-12-14(5-11-19(16)22-2)4-10-18(21)15-6-8-17(20)9-7-15/h4-12H,3,13H2,1-2H3/b10-4+. The van der Waals surface area contributed by atoms with Gasteiger partial charge in [0.1, 0.15) is 5.75 Å². The Morgan fingerprint density at radius 3 is 2.57 bits per heavy atom. The van der Waals surface area contributed by atoms with Crippen molar-refractivity contribution < 1.29 is 14.3 Å². The molecule has 2 aromatic rings. The first kappa shape index (κ1) is 17.3. The van der Waals surface area contributed by atoms with E-state index in [-0.39, 0.29) is 5.78 Å². The van der Waals surface area contributed by atoms with Gasteiger partial charge in [-0.15, -0.1) is 0 Å². The average Bonchev–Trinajstić information content (AvgIpc) is 2.58. The van der Waals surface area contributed by atoms with Crippen molar-refractivity contribution in [1.29, 1.82) is 0 Å². The summed E-state index contributed by atoms with van der Waals surface area (Å²) in [6.07, 6.45) is 3.33. The van der Waals surface area contributed by atoms with Crippen LogP contribution in [-0.4, -0.2) is 19.5 Å². The van der Waals surface area contributed by atoms with Gasteiger partial charge in [-0.25, -0.2) is 0 Å². The Morgan fingerprint density at radius 2 is 1.91 bits per heavy atom. The third-order valence-corrected chi connectivity index (χ3v) is 3.57. The summed E-state index contributed by atoms with van der Waals surface area (Å²) in [6.45, 7) is 3.06. The molecule has 0 atom stereocenters. The third-order valence-electron chi connectivity index (χ3n) is 3.32. The molecule has 0 spiro atoms. The lowest BCUT2D eigenvalue weighted by molar-refractivity contribution is 0.104. The molecule has 0 aromatic heterocycles. The molecule has 0 saturated carbocycles. The number of hydrogen-bond acceptors (Lipinski definition) is 3. The average molecular weight is 331 g/mol. The van der Waals surface area contributed by atoms with E-state index in [0.717, 1.165) is 16.9 Å². The van der Waals surface area contributed by atoms with Crippen molar-refractivity contribution in [1.82, 2.24) is 0 Å². The van der Waals surface area contributed by atoms with Crippen LogP contribution in [0.1, 0.15) is 28.4 Å². The Bertz CT molecular complexity index is 690. The maximum atomic E-state index is 12.1. The molecule has 0 aliphatic carbocycles. The van der Waals surface area contributed by atoms with E-state index in [1.165, 1.54) is 0 Å². The van der Waals surface area contributed by atoms with E-state index in [1.54, 1.807) is 43.5 Å². The number of hydrogen-bond donors (Lipinski definition) is 0. The van der Waals surface area contributed by atoms with Crippen molar-refractivity contribution in [3.8, 4) is 5.75 Å². The van der Waals surface area contributed by atoms with Crippen LogP contribution in [0.2, 0.25) is 5.02 Å². The molecule has 2 aromatic carbocycles. The molecule has 0 unspecified atom stereocenters. The lowest BCUT2D eigenvalue weighted by Crippen LogP contribution is -1.97. The van der Waals surface area contributed by atoms with Gasteiger partial charge >= 0.3 is 0 Å². The highest BCUT2D eigenvalue weighted by Crippen LogP contribution is 2.21. The molecule has 4 heteroatoms. The summed E-state index contributed by atoms with van der Waals surface area (Å²) in [5, 5.41) is 0.612. The second-order valence-corrected chi connectivity index (χ2v) is 5.35. The van der Waals surface area contributed by atoms with Crippen LogP contribution in [0, 0.1) is 0 Å². The molecule has 120 valence electrons. The van der Waals surface area contributed by atoms with Crippen LogP contribution in [0.5, 0.6) is 5.75 Å². The second-order valence-electron chi connectivity index (χ2n) is 4.91. The first-order chi connectivity index (χ1) is 11.1. The van der Waals surface area contributed by atoms with E-state index in [9.17, 15) is 4.79 Å². The maximum Gasteiger partial charge on any atom is 0.185 e. The molecule has 0 amide bonds. The van der Waals surface area contributed by atoms with Crippen molar-refractivity contribution in [3.05, 3.63) is 70.3 Å².